The molecule has 33 heavy (non-hydrogen) atoms. The standard InChI is InChI=1S/C24H29N3O5S/c1-17(22(29)25-24(2,3)4)26(16-18-10-6-5-7-11-18)21(28)14-15-27-23(30)19-12-8-9-13-20(19)33(27,31)32/h5-13,17H,14-16H2,1-4H3,(H,25,29). The quantitative estimate of drug-likeness (QED) is 0.668. The Balaban J connectivity index is 1.79. The van der Waals surface area contributed by atoms with Crippen LogP contribution < -0.4 is 5.32 Å². The van der Waals surface area contributed by atoms with E-state index in [4.69, 9.17) is 0 Å². The monoisotopic (exact) mass is 471 g/mol. The number of rotatable bonds is 7. The summed E-state index contributed by atoms with van der Waals surface area (Å²) in [5.41, 5.74) is 0.455. The molecule has 0 saturated heterocycles. The molecule has 176 valence electrons. The Kier molecular flexibility index (Phi) is 6.92. The van der Waals surface area contributed by atoms with Crippen LogP contribution in [0.25, 0.3) is 0 Å². The molecule has 0 bridgehead atoms. The number of hydrogen-bond donors (Lipinski definition) is 1. The Labute approximate surface area is 194 Å². The number of carbonyl (C=O) groups is 3. The van der Waals surface area contributed by atoms with E-state index in [0.717, 1.165) is 9.87 Å². The van der Waals surface area contributed by atoms with E-state index in [2.05, 4.69) is 5.32 Å². The molecule has 1 aliphatic heterocycles. The Bertz CT molecular complexity index is 1160. The van der Waals surface area contributed by atoms with Gasteiger partial charge in [0.2, 0.25) is 11.8 Å². The molecule has 0 saturated carbocycles. The highest BCUT2D eigenvalue weighted by atomic mass is 32.2. The molecule has 3 rings (SSSR count). The van der Waals surface area contributed by atoms with Crippen molar-refractivity contribution >= 4 is 27.7 Å². The van der Waals surface area contributed by atoms with Crippen molar-refractivity contribution in [2.45, 2.75) is 57.1 Å². The van der Waals surface area contributed by atoms with Crippen LogP contribution in [0.2, 0.25) is 0 Å². The second kappa shape index (κ2) is 9.35. The topological polar surface area (TPSA) is 104 Å². The van der Waals surface area contributed by atoms with Crippen LogP contribution in [-0.4, -0.2) is 53.5 Å². The zero-order valence-corrected chi connectivity index (χ0v) is 20.1. The molecule has 8 nitrogen and oxygen atoms in total. The van der Waals surface area contributed by atoms with Crippen LogP contribution >= 0.6 is 0 Å². The Morgan fingerprint density at radius 3 is 2.24 bits per heavy atom. The smallest absolute Gasteiger partial charge is 0.269 e. The third-order valence-corrected chi connectivity index (χ3v) is 7.14. The van der Waals surface area contributed by atoms with Gasteiger partial charge in [-0.05, 0) is 45.4 Å². The summed E-state index contributed by atoms with van der Waals surface area (Å²) >= 11 is 0. The van der Waals surface area contributed by atoms with Gasteiger partial charge in [0.1, 0.15) is 10.9 Å². The number of fused-ring (bicyclic) bond motifs is 1. The van der Waals surface area contributed by atoms with Crippen molar-refractivity contribution < 1.29 is 22.8 Å². The minimum absolute atomic E-state index is 0.0542. The minimum atomic E-state index is -4.00. The van der Waals surface area contributed by atoms with Crippen molar-refractivity contribution in [3.8, 4) is 0 Å². The van der Waals surface area contributed by atoms with Crippen molar-refractivity contribution in [3.05, 3.63) is 65.7 Å². The van der Waals surface area contributed by atoms with Gasteiger partial charge in [0.05, 0.1) is 5.56 Å². The molecule has 1 heterocycles. The van der Waals surface area contributed by atoms with Gasteiger partial charge in [0.25, 0.3) is 15.9 Å². The third-order valence-electron chi connectivity index (χ3n) is 5.30. The Morgan fingerprint density at radius 2 is 1.64 bits per heavy atom. The Hall–Kier alpha value is -3.20. The fraction of sp³-hybridized carbons (Fsp3) is 0.375. The molecule has 0 spiro atoms. The SMILES string of the molecule is CC(C(=O)NC(C)(C)C)N(Cc1ccccc1)C(=O)CCN1C(=O)c2ccccc2S1(=O)=O. The highest BCUT2D eigenvalue weighted by molar-refractivity contribution is 7.90. The van der Waals surface area contributed by atoms with Crippen molar-refractivity contribution in [3.63, 3.8) is 0 Å². The van der Waals surface area contributed by atoms with Crippen LogP contribution in [0, 0.1) is 0 Å². The summed E-state index contributed by atoms with van der Waals surface area (Å²) in [6.07, 6.45) is -0.237. The molecule has 1 aliphatic rings. The van der Waals surface area contributed by atoms with E-state index in [1.807, 2.05) is 51.1 Å². The summed E-state index contributed by atoms with van der Waals surface area (Å²) in [5, 5.41) is 2.88. The van der Waals surface area contributed by atoms with Crippen LogP contribution in [0.5, 0.6) is 0 Å². The number of hydrogen-bond acceptors (Lipinski definition) is 5. The predicted molar refractivity (Wildman–Crippen MR) is 124 cm³/mol. The van der Waals surface area contributed by atoms with Gasteiger partial charge < -0.3 is 10.2 Å². The zero-order chi connectivity index (χ0) is 24.4. The van der Waals surface area contributed by atoms with E-state index >= 15 is 0 Å². The van der Waals surface area contributed by atoms with Gasteiger partial charge in [-0.15, -0.1) is 0 Å². The average Bonchev–Trinajstić information content (AvgIpc) is 2.95. The first-order chi connectivity index (χ1) is 15.4. The van der Waals surface area contributed by atoms with Crippen molar-refractivity contribution in [2.24, 2.45) is 0 Å². The maximum Gasteiger partial charge on any atom is 0.269 e. The van der Waals surface area contributed by atoms with Gasteiger partial charge in [0.15, 0.2) is 0 Å². The van der Waals surface area contributed by atoms with Crippen molar-refractivity contribution in [2.75, 3.05) is 6.54 Å². The molecule has 2 aromatic carbocycles. The van der Waals surface area contributed by atoms with Crippen LogP contribution in [0.1, 0.15) is 50.0 Å². The molecule has 1 N–H and O–H groups in total. The number of sulfonamides is 1. The summed E-state index contributed by atoms with van der Waals surface area (Å²) in [5.74, 6) is -1.38. The van der Waals surface area contributed by atoms with E-state index in [-0.39, 0.29) is 35.9 Å². The van der Waals surface area contributed by atoms with Gasteiger partial charge in [0, 0.05) is 25.0 Å². The summed E-state index contributed by atoms with van der Waals surface area (Å²) in [4.78, 5) is 40.0. The summed E-state index contributed by atoms with van der Waals surface area (Å²) in [7, 11) is -4.00. The number of amides is 3. The van der Waals surface area contributed by atoms with E-state index in [9.17, 15) is 22.8 Å². The van der Waals surface area contributed by atoms with E-state index in [1.54, 1.807) is 19.1 Å². The molecular weight excluding hydrogens is 442 g/mol. The summed E-state index contributed by atoms with van der Waals surface area (Å²) < 4.78 is 26.3. The van der Waals surface area contributed by atoms with E-state index in [1.165, 1.54) is 17.0 Å². The number of nitrogens with one attached hydrogen (secondary N) is 1. The van der Waals surface area contributed by atoms with Crippen molar-refractivity contribution in [1.82, 2.24) is 14.5 Å². The fourth-order valence-corrected chi connectivity index (χ4v) is 5.20. The maximum absolute atomic E-state index is 13.2. The lowest BCUT2D eigenvalue weighted by molar-refractivity contribution is -0.141. The molecule has 0 aliphatic carbocycles. The third kappa shape index (κ3) is 5.42. The van der Waals surface area contributed by atoms with Gasteiger partial charge in [-0.25, -0.2) is 12.7 Å². The zero-order valence-electron chi connectivity index (χ0n) is 19.2. The molecular formula is C24H29N3O5S. The van der Waals surface area contributed by atoms with Crippen LogP contribution in [0.15, 0.2) is 59.5 Å². The summed E-state index contributed by atoms with van der Waals surface area (Å²) in [6.45, 7) is 7.07. The molecule has 1 unspecified atom stereocenters. The average molecular weight is 472 g/mol. The first-order valence-electron chi connectivity index (χ1n) is 10.7. The van der Waals surface area contributed by atoms with E-state index in [0.29, 0.717) is 0 Å². The maximum atomic E-state index is 13.2. The van der Waals surface area contributed by atoms with Gasteiger partial charge in [-0.2, -0.15) is 0 Å². The van der Waals surface area contributed by atoms with E-state index < -0.39 is 33.4 Å². The lowest BCUT2D eigenvalue weighted by Gasteiger charge is -2.32. The number of nitrogens with zero attached hydrogens (tertiary/aromatic N) is 2. The van der Waals surface area contributed by atoms with Crippen molar-refractivity contribution in [1.29, 1.82) is 0 Å². The Morgan fingerprint density at radius 1 is 1.03 bits per heavy atom. The van der Waals surface area contributed by atoms with Crippen LogP contribution in [0.3, 0.4) is 0 Å². The molecule has 0 aromatic heterocycles. The van der Waals surface area contributed by atoms with Gasteiger partial charge >= 0.3 is 0 Å². The lowest BCUT2D eigenvalue weighted by Crippen LogP contribution is -2.52. The highest BCUT2D eigenvalue weighted by Crippen LogP contribution is 2.30. The highest BCUT2D eigenvalue weighted by Gasteiger charge is 2.41. The molecule has 9 heteroatoms. The molecule has 0 radical (unpaired) electrons. The number of carbonyl (C=O) groups excluding carboxylic acids is 3. The van der Waals surface area contributed by atoms with Gasteiger partial charge in [-0.1, -0.05) is 42.5 Å². The molecule has 0 fully saturated rings. The number of benzene rings is 2. The largest absolute Gasteiger partial charge is 0.350 e. The molecule has 3 amide bonds. The first kappa shape index (κ1) is 24.4. The normalized spacial score (nSPS) is 15.6. The second-order valence-corrected chi connectivity index (χ2v) is 10.9. The second-order valence-electron chi connectivity index (χ2n) is 9.05. The minimum Gasteiger partial charge on any atom is -0.350 e. The molecule has 1 atom stereocenters. The molecule has 2 aromatic rings. The summed E-state index contributed by atoms with van der Waals surface area (Å²) in [6, 6.07) is 14.4. The lowest BCUT2D eigenvalue weighted by atomic mass is 10.1. The van der Waals surface area contributed by atoms with Crippen LogP contribution in [0.4, 0.5) is 0 Å². The van der Waals surface area contributed by atoms with Crippen LogP contribution in [-0.2, 0) is 26.2 Å². The first-order valence-corrected chi connectivity index (χ1v) is 12.2. The fourth-order valence-electron chi connectivity index (χ4n) is 3.63. The van der Waals surface area contributed by atoms with Gasteiger partial charge in [-0.3, -0.25) is 14.4 Å². The predicted octanol–water partition coefficient (Wildman–Crippen LogP) is 2.55.